The second-order valence-electron chi connectivity index (χ2n) is 6.47. The van der Waals surface area contributed by atoms with Crippen LogP contribution >= 0.6 is 0 Å². The number of rotatable bonds is 6. The molecule has 0 heterocycles. The first-order chi connectivity index (χ1) is 12.6. The highest BCUT2D eigenvalue weighted by atomic mass is 16.5. The van der Waals surface area contributed by atoms with Crippen LogP contribution in [0.15, 0.2) is 36.4 Å². The number of likely N-dealkylation sites (N-methyl/N-ethyl adjacent to an activating group) is 1. The number of nitrogens with zero attached hydrogens (tertiary/aromatic N) is 1. The minimum Gasteiger partial charge on any atom is -0.493 e. The Morgan fingerprint density at radius 3 is 2.35 bits per heavy atom. The van der Waals surface area contributed by atoms with Crippen LogP contribution in [0.5, 0.6) is 17.2 Å². The van der Waals surface area contributed by atoms with Crippen LogP contribution in [-0.2, 0) is 17.6 Å². The Morgan fingerprint density at radius 1 is 1.08 bits per heavy atom. The maximum absolute atomic E-state index is 12.9. The molecule has 5 heteroatoms. The summed E-state index contributed by atoms with van der Waals surface area (Å²) in [5.74, 6) is 1.72. The van der Waals surface area contributed by atoms with Gasteiger partial charge < -0.3 is 19.1 Å². The molecule has 0 unspecified atom stereocenters. The Hall–Kier alpha value is -2.69. The zero-order valence-electron chi connectivity index (χ0n) is 15.7. The van der Waals surface area contributed by atoms with Crippen molar-refractivity contribution in [1.29, 1.82) is 0 Å². The van der Waals surface area contributed by atoms with Crippen LogP contribution in [0.2, 0.25) is 0 Å². The molecule has 1 aliphatic rings. The largest absolute Gasteiger partial charge is 0.493 e. The van der Waals surface area contributed by atoms with Crippen LogP contribution < -0.4 is 14.2 Å². The molecule has 0 N–H and O–H groups in total. The fourth-order valence-corrected chi connectivity index (χ4v) is 3.65. The first-order valence-electron chi connectivity index (χ1n) is 8.71. The summed E-state index contributed by atoms with van der Waals surface area (Å²) < 4.78 is 16.1. The number of aryl methyl sites for hydroxylation is 1. The SMILES string of the molecule is COc1cc(CC(=O)N(C)[C@H]2CCc3ccccc32)cc(OC)c1OC. The van der Waals surface area contributed by atoms with Crippen LogP contribution in [0, 0.1) is 0 Å². The molecule has 2 aromatic carbocycles. The molecule has 3 rings (SSSR count). The lowest BCUT2D eigenvalue weighted by molar-refractivity contribution is -0.131. The van der Waals surface area contributed by atoms with E-state index < -0.39 is 0 Å². The van der Waals surface area contributed by atoms with Gasteiger partial charge in [0.1, 0.15) is 0 Å². The number of amides is 1. The molecule has 0 aliphatic heterocycles. The van der Waals surface area contributed by atoms with E-state index in [4.69, 9.17) is 14.2 Å². The summed E-state index contributed by atoms with van der Waals surface area (Å²) in [6, 6.07) is 12.2. The summed E-state index contributed by atoms with van der Waals surface area (Å²) in [4.78, 5) is 14.7. The van der Waals surface area contributed by atoms with E-state index >= 15 is 0 Å². The highest BCUT2D eigenvalue weighted by Crippen LogP contribution is 2.39. The van der Waals surface area contributed by atoms with E-state index in [2.05, 4.69) is 18.2 Å². The first kappa shape index (κ1) is 18.1. The average Bonchev–Trinajstić information content (AvgIpc) is 3.10. The topological polar surface area (TPSA) is 48.0 Å². The Morgan fingerprint density at radius 2 is 1.73 bits per heavy atom. The van der Waals surface area contributed by atoms with Crippen LogP contribution in [0.3, 0.4) is 0 Å². The van der Waals surface area contributed by atoms with Gasteiger partial charge in [-0.15, -0.1) is 0 Å². The smallest absolute Gasteiger partial charge is 0.227 e. The third-order valence-corrected chi connectivity index (χ3v) is 5.04. The Kier molecular flexibility index (Phi) is 5.35. The van der Waals surface area contributed by atoms with Crippen LogP contribution in [0.25, 0.3) is 0 Å². The van der Waals surface area contributed by atoms with Crippen molar-refractivity contribution in [2.45, 2.75) is 25.3 Å². The minimum absolute atomic E-state index is 0.0703. The Labute approximate surface area is 154 Å². The van der Waals surface area contributed by atoms with Gasteiger partial charge in [-0.1, -0.05) is 24.3 Å². The van der Waals surface area contributed by atoms with Gasteiger partial charge in [-0.2, -0.15) is 0 Å². The number of carbonyl (C=O) groups is 1. The number of ether oxygens (including phenoxy) is 3. The molecule has 138 valence electrons. The summed E-state index contributed by atoms with van der Waals surface area (Å²) in [6.45, 7) is 0. The van der Waals surface area contributed by atoms with Crippen LogP contribution in [0.4, 0.5) is 0 Å². The number of hydrogen-bond donors (Lipinski definition) is 0. The highest BCUT2D eigenvalue weighted by Gasteiger charge is 2.28. The van der Waals surface area contributed by atoms with Crippen LogP contribution in [0.1, 0.15) is 29.2 Å². The summed E-state index contributed by atoms with van der Waals surface area (Å²) in [5, 5.41) is 0. The lowest BCUT2D eigenvalue weighted by Crippen LogP contribution is -2.31. The van der Waals surface area contributed by atoms with Gasteiger partial charge in [-0.05, 0) is 41.7 Å². The molecule has 1 amide bonds. The zero-order valence-corrected chi connectivity index (χ0v) is 15.7. The van der Waals surface area contributed by atoms with E-state index in [0.717, 1.165) is 18.4 Å². The van der Waals surface area contributed by atoms with E-state index in [1.807, 2.05) is 30.1 Å². The number of methoxy groups -OCH3 is 3. The maximum Gasteiger partial charge on any atom is 0.227 e. The number of carbonyl (C=O) groups excluding carboxylic acids is 1. The molecule has 1 aliphatic carbocycles. The molecule has 1 atom stereocenters. The average molecular weight is 355 g/mol. The highest BCUT2D eigenvalue weighted by molar-refractivity contribution is 5.79. The number of hydrogen-bond acceptors (Lipinski definition) is 4. The Bertz CT molecular complexity index is 777. The van der Waals surface area contributed by atoms with E-state index in [0.29, 0.717) is 17.2 Å². The van der Waals surface area contributed by atoms with E-state index in [1.54, 1.807) is 21.3 Å². The normalized spacial score (nSPS) is 15.3. The van der Waals surface area contributed by atoms with Crippen molar-refractivity contribution in [3.63, 3.8) is 0 Å². The molecule has 0 saturated heterocycles. The van der Waals surface area contributed by atoms with Crippen LogP contribution in [-0.4, -0.2) is 39.2 Å². The molecule has 0 radical (unpaired) electrons. The molecular weight excluding hydrogens is 330 g/mol. The van der Waals surface area contributed by atoms with Gasteiger partial charge in [0.15, 0.2) is 11.5 Å². The quantitative estimate of drug-likeness (QED) is 0.797. The first-order valence-corrected chi connectivity index (χ1v) is 8.71. The molecule has 26 heavy (non-hydrogen) atoms. The maximum atomic E-state index is 12.9. The third kappa shape index (κ3) is 3.34. The lowest BCUT2D eigenvalue weighted by atomic mass is 10.1. The summed E-state index contributed by atoms with van der Waals surface area (Å²) in [5.41, 5.74) is 3.43. The van der Waals surface area contributed by atoms with Crippen molar-refractivity contribution < 1.29 is 19.0 Å². The Balaban J connectivity index is 1.80. The van der Waals surface area contributed by atoms with Crippen molar-refractivity contribution >= 4 is 5.91 Å². The van der Waals surface area contributed by atoms with Gasteiger partial charge in [-0.25, -0.2) is 0 Å². The predicted molar refractivity (Wildman–Crippen MR) is 100 cm³/mol. The predicted octanol–water partition coefficient (Wildman–Crippen LogP) is 3.40. The zero-order chi connectivity index (χ0) is 18.7. The van der Waals surface area contributed by atoms with Gasteiger partial charge in [0.25, 0.3) is 0 Å². The fraction of sp³-hybridized carbons (Fsp3) is 0.381. The van der Waals surface area contributed by atoms with Crippen molar-refractivity contribution in [2.24, 2.45) is 0 Å². The van der Waals surface area contributed by atoms with E-state index in [9.17, 15) is 4.79 Å². The fourth-order valence-electron chi connectivity index (χ4n) is 3.65. The summed E-state index contributed by atoms with van der Waals surface area (Å²) >= 11 is 0. The molecule has 0 saturated carbocycles. The monoisotopic (exact) mass is 355 g/mol. The van der Waals surface area contributed by atoms with Gasteiger partial charge in [0.2, 0.25) is 11.7 Å². The standard InChI is InChI=1S/C21H25NO4/c1-22(17-10-9-15-7-5-6-8-16(15)17)20(23)13-14-11-18(24-2)21(26-4)19(12-14)25-3/h5-8,11-12,17H,9-10,13H2,1-4H3/t17-/m0/s1. The second kappa shape index (κ2) is 7.68. The van der Waals surface area contributed by atoms with Crippen molar-refractivity contribution in [1.82, 2.24) is 4.90 Å². The summed E-state index contributed by atoms with van der Waals surface area (Å²) in [7, 11) is 6.60. The molecule has 2 aromatic rings. The molecule has 0 fully saturated rings. The molecule has 0 aromatic heterocycles. The number of fused-ring (bicyclic) bond motifs is 1. The molecule has 0 spiro atoms. The minimum atomic E-state index is 0.0703. The van der Waals surface area contributed by atoms with Gasteiger partial charge in [0.05, 0.1) is 33.8 Å². The van der Waals surface area contributed by atoms with Crippen molar-refractivity contribution in [2.75, 3.05) is 28.4 Å². The molecular formula is C21H25NO4. The van der Waals surface area contributed by atoms with Gasteiger partial charge in [0, 0.05) is 7.05 Å². The molecule has 0 bridgehead atoms. The van der Waals surface area contributed by atoms with E-state index in [-0.39, 0.29) is 18.4 Å². The summed E-state index contributed by atoms with van der Waals surface area (Å²) in [6.07, 6.45) is 2.27. The van der Waals surface area contributed by atoms with Gasteiger partial charge in [-0.3, -0.25) is 4.79 Å². The van der Waals surface area contributed by atoms with Crippen molar-refractivity contribution in [3.8, 4) is 17.2 Å². The second-order valence-corrected chi connectivity index (χ2v) is 6.47. The third-order valence-electron chi connectivity index (χ3n) is 5.04. The van der Waals surface area contributed by atoms with Crippen molar-refractivity contribution in [3.05, 3.63) is 53.1 Å². The molecule has 5 nitrogen and oxygen atoms in total. The lowest BCUT2D eigenvalue weighted by Gasteiger charge is -2.26. The van der Waals surface area contributed by atoms with Gasteiger partial charge >= 0.3 is 0 Å². The number of benzene rings is 2. The van der Waals surface area contributed by atoms with E-state index in [1.165, 1.54) is 11.1 Å².